The van der Waals surface area contributed by atoms with Gasteiger partial charge < -0.3 is 4.74 Å². The third kappa shape index (κ3) is 3.09. The molecule has 0 aromatic heterocycles. The van der Waals surface area contributed by atoms with Crippen LogP contribution < -0.4 is 9.04 Å². The van der Waals surface area contributed by atoms with E-state index >= 15 is 0 Å². The van der Waals surface area contributed by atoms with Gasteiger partial charge in [0.1, 0.15) is 12.4 Å². The molecule has 0 atom stereocenters. The second-order valence-corrected chi connectivity index (χ2v) is 8.06. The monoisotopic (exact) mass is 401 g/mol. The summed E-state index contributed by atoms with van der Waals surface area (Å²) in [5, 5.41) is 0.560. The Morgan fingerprint density at radius 3 is 2.77 bits per heavy atom. The normalized spacial score (nSPS) is 14.4. The molecule has 0 unspecified atom stereocenters. The van der Waals surface area contributed by atoms with Crippen molar-refractivity contribution in [2.24, 2.45) is 0 Å². The van der Waals surface area contributed by atoms with E-state index in [4.69, 9.17) is 16.3 Å². The number of nitrogens with zero attached hydrogens (tertiary/aromatic N) is 1. The summed E-state index contributed by atoms with van der Waals surface area (Å²) in [4.78, 5) is 0. The highest BCUT2D eigenvalue weighted by Gasteiger charge is 2.28. The minimum atomic E-state index is -3.50. The first-order valence-corrected chi connectivity index (χ1v) is 9.41. The highest BCUT2D eigenvalue weighted by atomic mass is 79.9. The largest absolute Gasteiger partial charge is 0.489 e. The molecule has 116 valence electrons. The zero-order valence-corrected chi connectivity index (χ0v) is 14.7. The van der Waals surface area contributed by atoms with Crippen LogP contribution in [0.3, 0.4) is 0 Å². The van der Waals surface area contributed by atoms with E-state index in [9.17, 15) is 8.42 Å². The molecule has 0 aliphatic carbocycles. The molecule has 22 heavy (non-hydrogen) atoms. The Labute approximate surface area is 142 Å². The van der Waals surface area contributed by atoms with Crippen LogP contribution in [0.25, 0.3) is 0 Å². The van der Waals surface area contributed by atoms with Crippen molar-refractivity contribution in [1.82, 2.24) is 0 Å². The zero-order chi connectivity index (χ0) is 15.7. The molecule has 3 rings (SSSR count). The number of sulfonamides is 1. The summed E-state index contributed by atoms with van der Waals surface area (Å²) in [7, 11) is -3.50. The Morgan fingerprint density at radius 2 is 2.00 bits per heavy atom. The van der Waals surface area contributed by atoms with Gasteiger partial charge in [0, 0.05) is 9.50 Å². The zero-order valence-electron chi connectivity index (χ0n) is 11.5. The van der Waals surface area contributed by atoms with Crippen LogP contribution in [0.15, 0.2) is 46.9 Å². The maximum atomic E-state index is 12.8. The second kappa shape index (κ2) is 6.10. The molecule has 0 amide bonds. The smallest absolute Gasteiger partial charge is 0.239 e. The average molecular weight is 403 g/mol. The molecule has 4 nitrogen and oxygen atoms in total. The van der Waals surface area contributed by atoms with Crippen LogP contribution in [-0.4, -0.2) is 21.6 Å². The van der Waals surface area contributed by atoms with Crippen molar-refractivity contribution in [2.45, 2.75) is 5.75 Å². The molecular weight excluding hydrogens is 390 g/mol. The Hall–Kier alpha value is -1.24. The molecule has 0 saturated heterocycles. The summed E-state index contributed by atoms with van der Waals surface area (Å²) < 4.78 is 33.1. The van der Waals surface area contributed by atoms with Crippen molar-refractivity contribution in [1.29, 1.82) is 0 Å². The van der Waals surface area contributed by atoms with Gasteiger partial charge in [0.05, 0.1) is 18.0 Å². The lowest BCUT2D eigenvalue weighted by Crippen LogP contribution is -2.38. The molecule has 7 heteroatoms. The average Bonchev–Trinajstić information content (AvgIpc) is 2.49. The quantitative estimate of drug-likeness (QED) is 0.784. The van der Waals surface area contributed by atoms with Gasteiger partial charge in [-0.3, -0.25) is 4.31 Å². The number of hydrogen-bond donors (Lipinski definition) is 0. The molecule has 0 radical (unpaired) electrons. The van der Waals surface area contributed by atoms with Crippen molar-refractivity contribution in [2.75, 3.05) is 17.5 Å². The van der Waals surface area contributed by atoms with Gasteiger partial charge in [0.2, 0.25) is 10.0 Å². The first kappa shape index (κ1) is 15.6. The molecule has 1 aliphatic rings. The predicted molar refractivity (Wildman–Crippen MR) is 91.1 cm³/mol. The number of hydrogen-bond acceptors (Lipinski definition) is 3. The van der Waals surface area contributed by atoms with Crippen molar-refractivity contribution in [3.63, 3.8) is 0 Å². The molecule has 1 aliphatic heterocycles. The first-order valence-electron chi connectivity index (χ1n) is 6.63. The van der Waals surface area contributed by atoms with E-state index in [2.05, 4.69) is 15.9 Å². The van der Waals surface area contributed by atoms with Crippen LogP contribution in [0, 0.1) is 0 Å². The van der Waals surface area contributed by atoms with Crippen LogP contribution in [-0.2, 0) is 15.8 Å². The fourth-order valence-corrected chi connectivity index (χ4v) is 4.96. The lowest BCUT2D eigenvalue weighted by atomic mass is 10.2. The Kier molecular flexibility index (Phi) is 4.34. The molecule has 0 spiro atoms. The van der Waals surface area contributed by atoms with E-state index in [1.807, 2.05) is 6.07 Å². The summed E-state index contributed by atoms with van der Waals surface area (Å²) in [6, 6.07) is 12.2. The summed E-state index contributed by atoms with van der Waals surface area (Å²) in [6.07, 6.45) is 0. The SMILES string of the molecule is O=S(=O)(Cc1ccc(Cl)cc1Br)N1CCOc2ccccc21. The standard InChI is InChI=1S/C15H13BrClNO3S/c16-13-9-12(17)6-5-11(13)10-22(19,20)18-7-8-21-15-4-2-1-3-14(15)18/h1-6,9H,7-8,10H2. The van der Waals surface area contributed by atoms with Gasteiger partial charge in [-0.15, -0.1) is 0 Å². The van der Waals surface area contributed by atoms with E-state index < -0.39 is 10.0 Å². The Balaban J connectivity index is 1.94. The van der Waals surface area contributed by atoms with Crippen molar-refractivity contribution in [3.8, 4) is 5.75 Å². The van der Waals surface area contributed by atoms with Crippen molar-refractivity contribution >= 4 is 43.2 Å². The molecule has 0 N–H and O–H groups in total. The van der Waals surface area contributed by atoms with Gasteiger partial charge in [-0.25, -0.2) is 8.42 Å². The maximum Gasteiger partial charge on any atom is 0.239 e. The molecule has 0 bridgehead atoms. The molecule has 0 saturated carbocycles. The van der Waals surface area contributed by atoms with Gasteiger partial charge in [0.25, 0.3) is 0 Å². The number of fused-ring (bicyclic) bond motifs is 1. The fourth-order valence-electron chi connectivity index (χ4n) is 2.35. The topological polar surface area (TPSA) is 46.6 Å². The number of ether oxygens (including phenoxy) is 1. The highest BCUT2D eigenvalue weighted by Crippen LogP contribution is 2.34. The molecule has 2 aromatic rings. The van der Waals surface area contributed by atoms with Gasteiger partial charge in [-0.2, -0.15) is 0 Å². The van der Waals surface area contributed by atoms with Crippen LogP contribution in [0.4, 0.5) is 5.69 Å². The molecule has 1 heterocycles. The van der Waals surface area contributed by atoms with Crippen LogP contribution >= 0.6 is 27.5 Å². The lowest BCUT2D eigenvalue weighted by Gasteiger charge is -2.30. The van der Waals surface area contributed by atoms with Gasteiger partial charge in [0.15, 0.2) is 0 Å². The molecule has 0 fully saturated rings. The third-order valence-electron chi connectivity index (χ3n) is 3.37. The number of anilines is 1. The van der Waals surface area contributed by atoms with Gasteiger partial charge in [-0.1, -0.05) is 45.7 Å². The van der Waals surface area contributed by atoms with Crippen LogP contribution in [0.1, 0.15) is 5.56 Å². The number of rotatable bonds is 3. The number of para-hydroxylation sites is 2. The van der Waals surface area contributed by atoms with E-state index in [-0.39, 0.29) is 5.75 Å². The van der Waals surface area contributed by atoms with Crippen LogP contribution in [0.2, 0.25) is 5.02 Å². The lowest BCUT2D eigenvalue weighted by molar-refractivity contribution is 0.316. The molecule has 2 aromatic carbocycles. The van der Waals surface area contributed by atoms with E-state index in [0.29, 0.717) is 39.6 Å². The maximum absolute atomic E-state index is 12.8. The van der Waals surface area contributed by atoms with Gasteiger partial charge >= 0.3 is 0 Å². The van der Waals surface area contributed by atoms with E-state index in [0.717, 1.165) is 0 Å². The summed E-state index contributed by atoms with van der Waals surface area (Å²) in [5.74, 6) is 0.492. The number of halogens is 2. The second-order valence-electron chi connectivity index (χ2n) is 4.88. The first-order chi connectivity index (χ1) is 10.5. The Bertz CT molecular complexity index is 810. The van der Waals surface area contributed by atoms with Crippen LogP contribution in [0.5, 0.6) is 5.75 Å². The third-order valence-corrected chi connectivity index (χ3v) is 6.07. The highest BCUT2D eigenvalue weighted by molar-refractivity contribution is 9.10. The predicted octanol–water partition coefficient (Wildman–Crippen LogP) is 3.83. The van der Waals surface area contributed by atoms with E-state index in [1.54, 1.807) is 36.4 Å². The van der Waals surface area contributed by atoms with E-state index in [1.165, 1.54) is 4.31 Å². The molecular formula is C15H13BrClNO3S. The fraction of sp³-hybridized carbons (Fsp3) is 0.200. The minimum Gasteiger partial charge on any atom is -0.489 e. The van der Waals surface area contributed by atoms with Crippen molar-refractivity contribution in [3.05, 3.63) is 57.5 Å². The summed E-state index contributed by atoms with van der Waals surface area (Å²) >= 11 is 9.26. The van der Waals surface area contributed by atoms with Gasteiger partial charge in [-0.05, 0) is 29.8 Å². The summed E-state index contributed by atoms with van der Waals surface area (Å²) in [5.41, 5.74) is 1.26. The van der Waals surface area contributed by atoms with Crippen molar-refractivity contribution < 1.29 is 13.2 Å². The minimum absolute atomic E-state index is 0.0981. The number of benzene rings is 2. The Morgan fingerprint density at radius 1 is 1.23 bits per heavy atom. The summed E-state index contributed by atoms with van der Waals surface area (Å²) in [6.45, 7) is 0.655.